The molecule has 1 aliphatic heterocycles. The minimum Gasteiger partial charge on any atom is -0.375 e. The summed E-state index contributed by atoms with van der Waals surface area (Å²) in [7, 11) is 0. The lowest BCUT2D eigenvalue weighted by atomic mass is 10.0. The van der Waals surface area contributed by atoms with E-state index in [-0.39, 0.29) is 30.1 Å². The van der Waals surface area contributed by atoms with Crippen molar-refractivity contribution in [2.24, 2.45) is 0 Å². The SMILES string of the molecule is Cl.Fc1ccc(C(OCCN2CCN(/C=C/Cc3ccccc3)CC2)c2ccc(F)cc2)cc1. The summed E-state index contributed by atoms with van der Waals surface area (Å²) in [6, 6.07) is 23.1. The molecule has 1 aliphatic rings. The molecule has 0 amide bonds. The second-order valence-corrected chi connectivity index (χ2v) is 8.31. The number of benzene rings is 3. The summed E-state index contributed by atoms with van der Waals surface area (Å²) >= 11 is 0. The molecule has 1 fully saturated rings. The van der Waals surface area contributed by atoms with Gasteiger partial charge in [0.15, 0.2) is 0 Å². The quantitative estimate of drug-likeness (QED) is 0.378. The lowest BCUT2D eigenvalue weighted by Crippen LogP contribution is -2.45. The van der Waals surface area contributed by atoms with Crippen LogP contribution in [0.1, 0.15) is 22.8 Å². The smallest absolute Gasteiger partial charge is 0.123 e. The highest BCUT2D eigenvalue weighted by atomic mass is 35.5. The molecule has 4 rings (SSSR count). The molecule has 0 radical (unpaired) electrons. The second kappa shape index (κ2) is 13.2. The Morgan fingerprint density at radius 3 is 1.88 bits per heavy atom. The van der Waals surface area contributed by atoms with E-state index in [1.807, 2.05) is 6.07 Å². The largest absolute Gasteiger partial charge is 0.375 e. The Morgan fingerprint density at radius 1 is 0.765 bits per heavy atom. The molecule has 180 valence electrons. The Hall–Kier alpha value is -2.73. The van der Waals surface area contributed by atoms with E-state index in [2.05, 4.69) is 46.3 Å². The number of nitrogens with zero attached hydrogens (tertiary/aromatic N) is 2. The van der Waals surface area contributed by atoms with Crippen LogP contribution in [0.2, 0.25) is 0 Å². The number of hydrogen-bond donors (Lipinski definition) is 0. The lowest BCUT2D eigenvalue weighted by molar-refractivity contribution is 0.0502. The summed E-state index contributed by atoms with van der Waals surface area (Å²) in [4.78, 5) is 4.76. The summed E-state index contributed by atoms with van der Waals surface area (Å²) in [6.07, 6.45) is 5.03. The van der Waals surface area contributed by atoms with Crippen LogP contribution in [0.3, 0.4) is 0 Å². The summed E-state index contributed by atoms with van der Waals surface area (Å²) in [6.45, 7) is 5.31. The highest BCUT2D eigenvalue weighted by Crippen LogP contribution is 2.26. The van der Waals surface area contributed by atoms with Crippen molar-refractivity contribution in [3.05, 3.63) is 119 Å². The molecule has 0 saturated carbocycles. The maximum Gasteiger partial charge on any atom is 0.123 e. The van der Waals surface area contributed by atoms with Gasteiger partial charge in [-0.25, -0.2) is 8.78 Å². The highest BCUT2D eigenvalue weighted by Gasteiger charge is 2.18. The van der Waals surface area contributed by atoms with Gasteiger partial charge in [0.05, 0.1) is 6.61 Å². The normalized spacial score (nSPS) is 14.5. The summed E-state index contributed by atoms with van der Waals surface area (Å²) < 4.78 is 33.0. The van der Waals surface area contributed by atoms with E-state index in [0.717, 1.165) is 50.3 Å². The molecule has 0 atom stereocenters. The zero-order valence-corrected chi connectivity index (χ0v) is 20.0. The van der Waals surface area contributed by atoms with E-state index in [0.29, 0.717) is 6.61 Å². The van der Waals surface area contributed by atoms with Gasteiger partial charge in [0, 0.05) is 32.7 Å². The third kappa shape index (κ3) is 7.66. The molecular weight excluding hydrogens is 454 g/mol. The van der Waals surface area contributed by atoms with Crippen LogP contribution >= 0.6 is 12.4 Å². The zero-order valence-electron chi connectivity index (χ0n) is 19.2. The first-order chi connectivity index (χ1) is 16.2. The minimum atomic E-state index is -0.353. The van der Waals surface area contributed by atoms with Crippen LogP contribution in [0.5, 0.6) is 0 Å². The number of piperazine rings is 1. The average molecular weight is 485 g/mol. The van der Waals surface area contributed by atoms with Crippen LogP contribution in [0.4, 0.5) is 8.78 Å². The second-order valence-electron chi connectivity index (χ2n) is 8.31. The van der Waals surface area contributed by atoms with Crippen LogP contribution < -0.4 is 0 Å². The molecule has 3 aromatic rings. The van der Waals surface area contributed by atoms with Crippen LogP contribution in [0, 0.1) is 11.6 Å². The first-order valence-corrected chi connectivity index (χ1v) is 11.5. The first kappa shape index (κ1) is 25.9. The Labute approximate surface area is 207 Å². The van der Waals surface area contributed by atoms with Crippen molar-refractivity contribution in [1.29, 1.82) is 0 Å². The third-order valence-corrected chi connectivity index (χ3v) is 5.96. The van der Waals surface area contributed by atoms with Gasteiger partial charge in [-0.05, 0) is 53.6 Å². The van der Waals surface area contributed by atoms with Gasteiger partial charge in [-0.2, -0.15) is 0 Å². The van der Waals surface area contributed by atoms with Crippen molar-refractivity contribution in [2.45, 2.75) is 12.5 Å². The average Bonchev–Trinajstić information content (AvgIpc) is 2.85. The van der Waals surface area contributed by atoms with Gasteiger partial charge >= 0.3 is 0 Å². The van der Waals surface area contributed by atoms with Gasteiger partial charge in [0.2, 0.25) is 0 Å². The molecule has 1 heterocycles. The van der Waals surface area contributed by atoms with Crippen molar-refractivity contribution in [1.82, 2.24) is 9.80 Å². The fourth-order valence-corrected chi connectivity index (χ4v) is 4.05. The van der Waals surface area contributed by atoms with E-state index in [9.17, 15) is 8.78 Å². The summed E-state index contributed by atoms with van der Waals surface area (Å²) in [5.41, 5.74) is 3.04. The molecule has 3 aromatic carbocycles. The number of rotatable bonds is 9. The topological polar surface area (TPSA) is 15.7 Å². The zero-order chi connectivity index (χ0) is 22.9. The molecule has 0 N–H and O–H groups in total. The van der Waals surface area contributed by atoms with Crippen LogP contribution in [0.15, 0.2) is 91.1 Å². The van der Waals surface area contributed by atoms with Crippen LogP contribution in [-0.4, -0.2) is 49.1 Å². The van der Waals surface area contributed by atoms with Crippen molar-refractivity contribution in [2.75, 3.05) is 39.3 Å². The monoisotopic (exact) mass is 484 g/mol. The molecule has 0 aliphatic carbocycles. The van der Waals surface area contributed by atoms with Crippen molar-refractivity contribution < 1.29 is 13.5 Å². The van der Waals surface area contributed by atoms with E-state index < -0.39 is 0 Å². The Balaban J connectivity index is 0.00000324. The Bertz CT molecular complexity index is 959. The van der Waals surface area contributed by atoms with Gasteiger partial charge in [0.1, 0.15) is 17.7 Å². The van der Waals surface area contributed by atoms with Gasteiger partial charge in [-0.1, -0.05) is 60.7 Å². The molecule has 0 bridgehead atoms. The maximum atomic E-state index is 13.4. The predicted octanol–water partition coefficient (Wildman–Crippen LogP) is 5.87. The van der Waals surface area contributed by atoms with Gasteiger partial charge in [-0.3, -0.25) is 4.90 Å². The first-order valence-electron chi connectivity index (χ1n) is 11.5. The van der Waals surface area contributed by atoms with E-state index in [1.165, 1.54) is 29.8 Å². The number of allylic oxidation sites excluding steroid dienone is 1. The predicted molar refractivity (Wildman–Crippen MR) is 135 cm³/mol. The van der Waals surface area contributed by atoms with Crippen LogP contribution in [-0.2, 0) is 11.2 Å². The van der Waals surface area contributed by atoms with Crippen LogP contribution in [0.25, 0.3) is 0 Å². The molecule has 3 nitrogen and oxygen atoms in total. The Morgan fingerprint density at radius 2 is 1.32 bits per heavy atom. The highest BCUT2D eigenvalue weighted by molar-refractivity contribution is 5.85. The minimum absolute atomic E-state index is 0. The summed E-state index contributed by atoms with van der Waals surface area (Å²) in [5, 5.41) is 0. The maximum absolute atomic E-state index is 13.4. The van der Waals surface area contributed by atoms with E-state index >= 15 is 0 Å². The molecule has 0 aromatic heterocycles. The number of hydrogen-bond acceptors (Lipinski definition) is 3. The number of ether oxygens (including phenoxy) is 1. The van der Waals surface area contributed by atoms with E-state index in [4.69, 9.17) is 4.74 Å². The van der Waals surface area contributed by atoms with Crippen molar-refractivity contribution in [3.8, 4) is 0 Å². The molecule has 34 heavy (non-hydrogen) atoms. The number of halogens is 3. The third-order valence-electron chi connectivity index (χ3n) is 5.96. The van der Waals surface area contributed by atoms with Gasteiger partial charge in [0.25, 0.3) is 0 Å². The molecular formula is C28H31ClF2N2O. The molecule has 0 spiro atoms. The lowest BCUT2D eigenvalue weighted by Gasteiger charge is -2.34. The van der Waals surface area contributed by atoms with Gasteiger partial charge < -0.3 is 9.64 Å². The fraction of sp³-hybridized carbons (Fsp3) is 0.286. The Kier molecular flexibility index (Phi) is 10.1. The standard InChI is InChI=1S/C28H30F2N2O.ClH/c29-26-12-8-24(9-13-26)28(25-10-14-27(30)15-11-25)33-22-21-32-19-17-31(18-20-32)16-4-7-23-5-2-1-3-6-23;/h1-6,8-16,28H,7,17-22H2;1H/b16-4+;. The molecule has 1 saturated heterocycles. The summed E-state index contributed by atoms with van der Waals surface area (Å²) in [5.74, 6) is -0.570. The van der Waals surface area contributed by atoms with E-state index in [1.54, 1.807) is 24.3 Å². The van der Waals surface area contributed by atoms with Crippen molar-refractivity contribution in [3.63, 3.8) is 0 Å². The molecule has 6 heteroatoms. The fourth-order valence-electron chi connectivity index (χ4n) is 4.05. The van der Waals surface area contributed by atoms with Crippen molar-refractivity contribution >= 4 is 12.4 Å². The van der Waals surface area contributed by atoms with Gasteiger partial charge in [-0.15, -0.1) is 12.4 Å². The molecule has 0 unspecified atom stereocenters.